The molecule has 0 spiro atoms. The molecule has 0 saturated heterocycles. The van der Waals surface area contributed by atoms with E-state index in [1.54, 1.807) is 6.20 Å². The van der Waals surface area contributed by atoms with Gasteiger partial charge in [0.1, 0.15) is 17.3 Å². The van der Waals surface area contributed by atoms with Gasteiger partial charge in [-0.3, -0.25) is 4.98 Å². The first-order chi connectivity index (χ1) is 11.6. The summed E-state index contributed by atoms with van der Waals surface area (Å²) < 4.78 is 5.73. The zero-order valence-electron chi connectivity index (χ0n) is 14.0. The molecule has 0 bridgehead atoms. The molecule has 0 saturated carbocycles. The highest BCUT2D eigenvalue weighted by Crippen LogP contribution is 2.23. The standard InChI is InChI=1S/C19H20N4O/c1-13(2)24-16-8-6-7-15(12-16)22-18-11-14(3)21-19(23-18)17-9-4-5-10-20-17/h4-13H,1-3H3,(H,21,22,23). The van der Waals surface area contributed by atoms with Crippen LogP contribution in [-0.4, -0.2) is 21.1 Å². The molecule has 3 aromatic rings. The van der Waals surface area contributed by atoms with Crippen LogP contribution in [0.2, 0.25) is 0 Å². The Hall–Kier alpha value is -2.95. The van der Waals surface area contributed by atoms with E-state index in [2.05, 4.69) is 20.3 Å². The highest BCUT2D eigenvalue weighted by molar-refractivity contribution is 5.61. The van der Waals surface area contributed by atoms with Gasteiger partial charge in [-0.15, -0.1) is 0 Å². The average Bonchev–Trinajstić information content (AvgIpc) is 2.55. The predicted molar refractivity (Wildman–Crippen MR) is 95.5 cm³/mol. The average molecular weight is 320 g/mol. The number of benzene rings is 1. The van der Waals surface area contributed by atoms with Crippen molar-refractivity contribution in [2.45, 2.75) is 26.9 Å². The summed E-state index contributed by atoms with van der Waals surface area (Å²) in [6, 6.07) is 15.4. The molecule has 1 aromatic carbocycles. The van der Waals surface area contributed by atoms with Crippen LogP contribution >= 0.6 is 0 Å². The summed E-state index contributed by atoms with van der Waals surface area (Å²) in [5, 5.41) is 3.31. The molecule has 2 aromatic heterocycles. The third-order valence-corrected chi connectivity index (χ3v) is 3.23. The number of ether oxygens (including phenoxy) is 1. The predicted octanol–water partition coefficient (Wildman–Crippen LogP) is 4.38. The molecule has 0 amide bonds. The number of hydrogen-bond acceptors (Lipinski definition) is 5. The summed E-state index contributed by atoms with van der Waals surface area (Å²) >= 11 is 0. The lowest BCUT2D eigenvalue weighted by atomic mass is 10.3. The zero-order valence-corrected chi connectivity index (χ0v) is 14.0. The van der Waals surface area contributed by atoms with Crippen LogP contribution in [-0.2, 0) is 0 Å². The summed E-state index contributed by atoms with van der Waals surface area (Å²) in [7, 11) is 0. The minimum atomic E-state index is 0.136. The molecule has 0 aliphatic carbocycles. The van der Waals surface area contributed by atoms with Crippen LogP contribution in [0.1, 0.15) is 19.5 Å². The van der Waals surface area contributed by atoms with Crippen LogP contribution < -0.4 is 10.1 Å². The Morgan fingerprint density at radius 1 is 1.00 bits per heavy atom. The van der Waals surface area contributed by atoms with Gasteiger partial charge in [-0.25, -0.2) is 9.97 Å². The minimum Gasteiger partial charge on any atom is -0.491 e. The first kappa shape index (κ1) is 15.9. The van der Waals surface area contributed by atoms with E-state index in [1.807, 2.05) is 69.3 Å². The number of nitrogens with zero attached hydrogens (tertiary/aromatic N) is 3. The molecule has 0 aliphatic heterocycles. The quantitative estimate of drug-likeness (QED) is 0.756. The highest BCUT2D eigenvalue weighted by Gasteiger charge is 2.07. The van der Waals surface area contributed by atoms with Crippen molar-refractivity contribution in [1.82, 2.24) is 15.0 Å². The molecule has 5 nitrogen and oxygen atoms in total. The molecule has 1 N–H and O–H groups in total. The molecular weight excluding hydrogens is 300 g/mol. The van der Waals surface area contributed by atoms with E-state index in [0.717, 1.165) is 28.6 Å². The van der Waals surface area contributed by atoms with Crippen LogP contribution in [0.4, 0.5) is 11.5 Å². The summed E-state index contributed by atoms with van der Waals surface area (Å²) in [6.07, 6.45) is 1.87. The van der Waals surface area contributed by atoms with Crippen LogP contribution in [0.15, 0.2) is 54.7 Å². The van der Waals surface area contributed by atoms with Gasteiger partial charge in [0.2, 0.25) is 0 Å². The third-order valence-electron chi connectivity index (χ3n) is 3.23. The molecule has 0 aliphatic rings. The molecule has 0 radical (unpaired) electrons. The summed E-state index contributed by atoms with van der Waals surface area (Å²) in [5.41, 5.74) is 2.54. The second-order valence-electron chi connectivity index (χ2n) is 5.75. The number of nitrogens with one attached hydrogen (secondary N) is 1. The Morgan fingerprint density at radius 3 is 2.62 bits per heavy atom. The van der Waals surface area contributed by atoms with E-state index >= 15 is 0 Å². The number of aryl methyl sites for hydroxylation is 1. The van der Waals surface area contributed by atoms with Crippen molar-refractivity contribution in [2.24, 2.45) is 0 Å². The van der Waals surface area contributed by atoms with Crippen molar-refractivity contribution in [3.05, 3.63) is 60.4 Å². The zero-order chi connectivity index (χ0) is 16.9. The van der Waals surface area contributed by atoms with Gasteiger partial charge in [-0.2, -0.15) is 0 Å². The fourth-order valence-corrected chi connectivity index (χ4v) is 2.31. The number of aromatic nitrogens is 3. The fourth-order valence-electron chi connectivity index (χ4n) is 2.31. The van der Waals surface area contributed by atoms with Crippen LogP contribution in [0.25, 0.3) is 11.5 Å². The molecule has 0 unspecified atom stereocenters. The summed E-state index contributed by atoms with van der Waals surface area (Å²) in [4.78, 5) is 13.3. The Bertz CT molecular complexity index is 819. The smallest absolute Gasteiger partial charge is 0.180 e. The fraction of sp³-hybridized carbons (Fsp3) is 0.211. The van der Waals surface area contributed by atoms with Gasteiger partial charge < -0.3 is 10.1 Å². The summed E-state index contributed by atoms with van der Waals surface area (Å²) in [6.45, 7) is 5.96. The van der Waals surface area contributed by atoms with Crippen molar-refractivity contribution in [3.63, 3.8) is 0 Å². The lowest BCUT2D eigenvalue weighted by molar-refractivity contribution is 0.242. The maximum absolute atomic E-state index is 5.73. The van der Waals surface area contributed by atoms with Crippen molar-refractivity contribution in [3.8, 4) is 17.3 Å². The summed E-state index contributed by atoms with van der Waals surface area (Å²) in [5.74, 6) is 2.16. The van der Waals surface area contributed by atoms with E-state index in [9.17, 15) is 0 Å². The number of rotatable bonds is 5. The lowest BCUT2D eigenvalue weighted by Gasteiger charge is -2.12. The van der Waals surface area contributed by atoms with E-state index in [0.29, 0.717) is 5.82 Å². The van der Waals surface area contributed by atoms with Crippen molar-refractivity contribution in [2.75, 3.05) is 5.32 Å². The largest absolute Gasteiger partial charge is 0.491 e. The van der Waals surface area contributed by atoms with E-state index in [-0.39, 0.29) is 6.10 Å². The van der Waals surface area contributed by atoms with Crippen molar-refractivity contribution in [1.29, 1.82) is 0 Å². The van der Waals surface area contributed by atoms with Gasteiger partial charge in [0.25, 0.3) is 0 Å². The van der Waals surface area contributed by atoms with Gasteiger partial charge in [0.05, 0.1) is 6.10 Å². The number of hydrogen-bond donors (Lipinski definition) is 1. The number of anilines is 2. The van der Waals surface area contributed by atoms with E-state index in [1.165, 1.54) is 0 Å². The SMILES string of the molecule is Cc1cc(Nc2cccc(OC(C)C)c2)nc(-c2ccccn2)n1. The highest BCUT2D eigenvalue weighted by atomic mass is 16.5. The van der Waals surface area contributed by atoms with Crippen LogP contribution in [0.3, 0.4) is 0 Å². The van der Waals surface area contributed by atoms with E-state index < -0.39 is 0 Å². The maximum atomic E-state index is 5.73. The normalized spacial score (nSPS) is 10.7. The molecule has 5 heteroatoms. The van der Waals surface area contributed by atoms with Crippen molar-refractivity contribution >= 4 is 11.5 Å². The van der Waals surface area contributed by atoms with Gasteiger partial charge >= 0.3 is 0 Å². The van der Waals surface area contributed by atoms with Gasteiger partial charge in [-0.1, -0.05) is 12.1 Å². The maximum Gasteiger partial charge on any atom is 0.180 e. The second-order valence-corrected chi connectivity index (χ2v) is 5.75. The Morgan fingerprint density at radius 2 is 1.88 bits per heavy atom. The Balaban J connectivity index is 1.87. The van der Waals surface area contributed by atoms with E-state index in [4.69, 9.17) is 4.74 Å². The third kappa shape index (κ3) is 4.07. The van der Waals surface area contributed by atoms with Gasteiger partial charge in [0.15, 0.2) is 5.82 Å². The molecule has 3 rings (SSSR count). The lowest BCUT2D eigenvalue weighted by Crippen LogP contribution is -2.05. The van der Waals surface area contributed by atoms with Crippen LogP contribution in [0, 0.1) is 6.92 Å². The molecule has 2 heterocycles. The van der Waals surface area contributed by atoms with Crippen molar-refractivity contribution < 1.29 is 4.74 Å². The molecule has 0 fully saturated rings. The molecule has 0 atom stereocenters. The first-order valence-electron chi connectivity index (χ1n) is 7.91. The topological polar surface area (TPSA) is 59.9 Å². The van der Waals surface area contributed by atoms with Gasteiger partial charge in [-0.05, 0) is 45.0 Å². The molecular formula is C19H20N4O. The first-order valence-corrected chi connectivity index (χ1v) is 7.91. The molecule has 122 valence electrons. The monoisotopic (exact) mass is 320 g/mol. The Kier molecular flexibility index (Phi) is 4.70. The van der Waals surface area contributed by atoms with Crippen LogP contribution in [0.5, 0.6) is 5.75 Å². The van der Waals surface area contributed by atoms with Gasteiger partial charge in [0, 0.05) is 29.7 Å². The minimum absolute atomic E-state index is 0.136. The Labute approximate surface area is 141 Å². The molecule has 24 heavy (non-hydrogen) atoms. The second kappa shape index (κ2) is 7.08. The number of pyridine rings is 1.